The summed E-state index contributed by atoms with van der Waals surface area (Å²) in [6.07, 6.45) is 3.02. The normalized spacial score (nSPS) is 21.3. The Kier molecular flexibility index (Phi) is 4.31. The summed E-state index contributed by atoms with van der Waals surface area (Å²) in [5.74, 6) is -1.28. The molecule has 0 radical (unpaired) electrons. The average Bonchev–Trinajstić information content (AvgIpc) is 2.42. The summed E-state index contributed by atoms with van der Waals surface area (Å²) < 4.78 is 18.7. The minimum atomic E-state index is -0.559. The molecule has 0 unspecified atom stereocenters. The Bertz CT molecular complexity index is 416. The first-order valence-corrected chi connectivity index (χ1v) is 6.29. The maximum absolute atomic E-state index is 13.9. The number of rotatable bonds is 3. The van der Waals surface area contributed by atoms with Crippen LogP contribution in [0.4, 0.5) is 4.39 Å². The molecule has 0 amide bonds. The number of carbonyl (C=O) groups excluding carboxylic acids is 1. The van der Waals surface area contributed by atoms with E-state index >= 15 is 0 Å². The minimum absolute atomic E-state index is 0.0388. The standard InChI is InChI=1S/C14H18FNO2/c1-18-14(17)13(12-8-4-5-9-16-12)10-6-2-3-7-11(10)15/h2-3,6-7,12-13,16H,4-5,8-9H2,1H3/t12-,13-/m1/s1. The van der Waals surface area contributed by atoms with Gasteiger partial charge in [0, 0.05) is 11.6 Å². The van der Waals surface area contributed by atoms with Crippen molar-refractivity contribution in [3.63, 3.8) is 0 Å². The van der Waals surface area contributed by atoms with Crippen LogP contribution in [0.5, 0.6) is 0 Å². The summed E-state index contributed by atoms with van der Waals surface area (Å²) in [5.41, 5.74) is 0.420. The van der Waals surface area contributed by atoms with Crippen LogP contribution in [0.1, 0.15) is 30.7 Å². The van der Waals surface area contributed by atoms with Crippen LogP contribution in [-0.2, 0) is 9.53 Å². The molecule has 0 saturated carbocycles. The highest BCUT2D eigenvalue weighted by Gasteiger charge is 2.33. The lowest BCUT2D eigenvalue weighted by Crippen LogP contribution is -2.42. The molecule has 4 heteroatoms. The van der Waals surface area contributed by atoms with E-state index in [9.17, 15) is 9.18 Å². The van der Waals surface area contributed by atoms with Crippen LogP contribution in [-0.4, -0.2) is 25.7 Å². The van der Waals surface area contributed by atoms with Gasteiger partial charge in [-0.1, -0.05) is 24.6 Å². The Balaban J connectivity index is 2.30. The topological polar surface area (TPSA) is 38.3 Å². The quantitative estimate of drug-likeness (QED) is 0.837. The maximum Gasteiger partial charge on any atom is 0.314 e. The highest BCUT2D eigenvalue weighted by atomic mass is 19.1. The highest BCUT2D eigenvalue weighted by Crippen LogP contribution is 2.28. The van der Waals surface area contributed by atoms with Crippen LogP contribution < -0.4 is 5.32 Å². The minimum Gasteiger partial charge on any atom is -0.469 e. The van der Waals surface area contributed by atoms with E-state index in [1.807, 2.05) is 0 Å². The number of ether oxygens (including phenoxy) is 1. The Hall–Kier alpha value is -1.42. The number of benzene rings is 1. The zero-order valence-corrected chi connectivity index (χ0v) is 10.5. The predicted octanol–water partition coefficient (Wildman–Crippen LogP) is 2.22. The van der Waals surface area contributed by atoms with E-state index in [1.54, 1.807) is 18.2 Å². The van der Waals surface area contributed by atoms with Crippen LogP contribution in [0, 0.1) is 5.82 Å². The van der Waals surface area contributed by atoms with E-state index in [4.69, 9.17) is 4.74 Å². The van der Waals surface area contributed by atoms with Crippen LogP contribution in [0.15, 0.2) is 24.3 Å². The molecule has 98 valence electrons. The van der Waals surface area contributed by atoms with Gasteiger partial charge in [-0.2, -0.15) is 0 Å². The van der Waals surface area contributed by atoms with Crippen LogP contribution >= 0.6 is 0 Å². The zero-order valence-electron chi connectivity index (χ0n) is 10.5. The average molecular weight is 251 g/mol. The van der Waals surface area contributed by atoms with Gasteiger partial charge in [0.1, 0.15) is 5.82 Å². The van der Waals surface area contributed by atoms with Gasteiger partial charge < -0.3 is 10.1 Å². The van der Waals surface area contributed by atoms with E-state index in [0.29, 0.717) is 5.56 Å². The summed E-state index contributed by atoms with van der Waals surface area (Å²) in [4.78, 5) is 11.9. The van der Waals surface area contributed by atoms with Gasteiger partial charge in [-0.25, -0.2) is 4.39 Å². The van der Waals surface area contributed by atoms with Gasteiger partial charge in [-0.3, -0.25) is 4.79 Å². The van der Waals surface area contributed by atoms with Gasteiger partial charge in [-0.15, -0.1) is 0 Å². The lowest BCUT2D eigenvalue weighted by Gasteiger charge is -2.30. The fourth-order valence-electron chi connectivity index (χ4n) is 2.53. The molecular weight excluding hydrogens is 233 g/mol. The Morgan fingerprint density at radius 1 is 1.44 bits per heavy atom. The number of halogens is 1. The smallest absolute Gasteiger partial charge is 0.314 e. The molecule has 1 aromatic rings. The van der Waals surface area contributed by atoms with Crippen molar-refractivity contribution in [3.05, 3.63) is 35.6 Å². The first kappa shape index (κ1) is 13.0. The van der Waals surface area contributed by atoms with E-state index in [-0.39, 0.29) is 17.8 Å². The first-order chi connectivity index (χ1) is 8.74. The fourth-order valence-corrected chi connectivity index (χ4v) is 2.53. The van der Waals surface area contributed by atoms with E-state index in [1.165, 1.54) is 13.2 Å². The molecule has 3 nitrogen and oxygen atoms in total. The molecular formula is C14H18FNO2. The number of piperidine rings is 1. The molecule has 2 rings (SSSR count). The van der Waals surface area contributed by atoms with Crippen molar-refractivity contribution in [2.45, 2.75) is 31.2 Å². The van der Waals surface area contributed by atoms with Crippen LogP contribution in [0.3, 0.4) is 0 Å². The number of methoxy groups -OCH3 is 1. The van der Waals surface area contributed by atoms with Crippen molar-refractivity contribution in [1.82, 2.24) is 5.32 Å². The van der Waals surface area contributed by atoms with E-state index < -0.39 is 5.92 Å². The van der Waals surface area contributed by atoms with Crippen molar-refractivity contribution < 1.29 is 13.9 Å². The Labute approximate surface area is 106 Å². The molecule has 1 aliphatic rings. The molecule has 1 saturated heterocycles. The van der Waals surface area contributed by atoms with E-state index in [0.717, 1.165) is 25.8 Å². The number of hydrogen-bond acceptors (Lipinski definition) is 3. The predicted molar refractivity (Wildman–Crippen MR) is 66.8 cm³/mol. The summed E-state index contributed by atoms with van der Waals surface area (Å²) >= 11 is 0. The summed E-state index contributed by atoms with van der Waals surface area (Å²) in [5, 5.41) is 3.29. The molecule has 1 fully saturated rings. The number of esters is 1. The molecule has 0 aromatic heterocycles. The molecule has 18 heavy (non-hydrogen) atoms. The van der Waals surface area contributed by atoms with Crippen molar-refractivity contribution in [1.29, 1.82) is 0 Å². The lowest BCUT2D eigenvalue weighted by molar-refractivity contribution is -0.143. The molecule has 0 spiro atoms. The second-order valence-electron chi connectivity index (χ2n) is 4.58. The van der Waals surface area contributed by atoms with Gasteiger partial charge in [0.25, 0.3) is 0 Å². The molecule has 1 N–H and O–H groups in total. The number of hydrogen-bond donors (Lipinski definition) is 1. The Morgan fingerprint density at radius 3 is 2.83 bits per heavy atom. The SMILES string of the molecule is COC(=O)[C@H](c1ccccc1F)[C@H]1CCCCN1. The highest BCUT2D eigenvalue weighted by molar-refractivity contribution is 5.79. The maximum atomic E-state index is 13.9. The van der Waals surface area contributed by atoms with Crippen LogP contribution in [0.2, 0.25) is 0 Å². The van der Waals surface area contributed by atoms with Crippen molar-refractivity contribution in [3.8, 4) is 0 Å². The van der Waals surface area contributed by atoms with Gasteiger partial charge in [0.15, 0.2) is 0 Å². The second-order valence-corrected chi connectivity index (χ2v) is 4.58. The summed E-state index contributed by atoms with van der Waals surface area (Å²) in [6, 6.07) is 6.38. The summed E-state index contributed by atoms with van der Waals surface area (Å²) in [7, 11) is 1.35. The number of carbonyl (C=O) groups is 1. The lowest BCUT2D eigenvalue weighted by atomic mass is 9.86. The van der Waals surface area contributed by atoms with E-state index in [2.05, 4.69) is 5.32 Å². The first-order valence-electron chi connectivity index (χ1n) is 6.29. The Morgan fingerprint density at radius 2 is 2.22 bits per heavy atom. The third-order valence-corrected chi connectivity index (χ3v) is 3.45. The van der Waals surface area contributed by atoms with Crippen molar-refractivity contribution >= 4 is 5.97 Å². The second kappa shape index (κ2) is 5.96. The van der Waals surface area contributed by atoms with Crippen molar-refractivity contribution in [2.24, 2.45) is 0 Å². The van der Waals surface area contributed by atoms with Crippen molar-refractivity contribution in [2.75, 3.05) is 13.7 Å². The van der Waals surface area contributed by atoms with Gasteiger partial charge in [-0.05, 0) is 25.5 Å². The van der Waals surface area contributed by atoms with Gasteiger partial charge in [0.2, 0.25) is 0 Å². The van der Waals surface area contributed by atoms with Gasteiger partial charge >= 0.3 is 5.97 Å². The molecule has 0 aliphatic carbocycles. The molecule has 0 bridgehead atoms. The van der Waals surface area contributed by atoms with Crippen LogP contribution in [0.25, 0.3) is 0 Å². The monoisotopic (exact) mass is 251 g/mol. The zero-order chi connectivity index (χ0) is 13.0. The largest absolute Gasteiger partial charge is 0.469 e. The third-order valence-electron chi connectivity index (χ3n) is 3.45. The fraction of sp³-hybridized carbons (Fsp3) is 0.500. The molecule has 1 heterocycles. The molecule has 2 atom stereocenters. The summed E-state index contributed by atoms with van der Waals surface area (Å²) in [6.45, 7) is 0.868. The third kappa shape index (κ3) is 2.70. The van der Waals surface area contributed by atoms with Gasteiger partial charge in [0.05, 0.1) is 13.0 Å². The molecule has 1 aromatic carbocycles. The molecule has 1 aliphatic heterocycles. The number of nitrogens with one attached hydrogen (secondary N) is 1.